The molecule has 0 spiro atoms. The standard InChI is InChI=1S/C37H78N2/c1-3-5-7-9-13-19-25-31-37(33-27-21-15-12-17-23-29-35-39)36(30-24-18-10-8-6-4-2)32-26-20-14-11-16-22-28-34-38/h36-37H,3-35,38-39H2,1-2H3. The van der Waals surface area contributed by atoms with Crippen LogP contribution in [0.25, 0.3) is 0 Å². The lowest BCUT2D eigenvalue weighted by Crippen LogP contribution is -2.16. The number of hydrogen-bond acceptors (Lipinski definition) is 2. The first-order valence-electron chi connectivity index (χ1n) is 18.7. The molecule has 0 aliphatic heterocycles. The Hall–Kier alpha value is -0.0800. The number of hydrogen-bond donors (Lipinski definition) is 2. The minimum Gasteiger partial charge on any atom is -0.330 e. The van der Waals surface area contributed by atoms with Crippen LogP contribution in [0.15, 0.2) is 0 Å². The van der Waals surface area contributed by atoms with E-state index in [0.29, 0.717) is 0 Å². The molecule has 2 nitrogen and oxygen atoms in total. The number of nitrogens with two attached hydrogens (primary N) is 2. The van der Waals surface area contributed by atoms with E-state index in [-0.39, 0.29) is 0 Å². The maximum Gasteiger partial charge on any atom is -0.00773 e. The quantitative estimate of drug-likeness (QED) is 0.0782. The summed E-state index contributed by atoms with van der Waals surface area (Å²) >= 11 is 0. The molecule has 0 rings (SSSR count). The van der Waals surface area contributed by atoms with Crippen molar-refractivity contribution in [1.29, 1.82) is 0 Å². The van der Waals surface area contributed by atoms with Gasteiger partial charge in [0.25, 0.3) is 0 Å². The van der Waals surface area contributed by atoms with Gasteiger partial charge in [0.2, 0.25) is 0 Å². The van der Waals surface area contributed by atoms with E-state index in [1.165, 1.54) is 199 Å². The van der Waals surface area contributed by atoms with Gasteiger partial charge in [-0.05, 0) is 37.8 Å². The van der Waals surface area contributed by atoms with Gasteiger partial charge in [0.1, 0.15) is 0 Å². The van der Waals surface area contributed by atoms with E-state index in [2.05, 4.69) is 13.8 Å². The Balaban J connectivity index is 4.70. The first kappa shape index (κ1) is 38.9. The van der Waals surface area contributed by atoms with Crippen molar-refractivity contribution in [3.8, 4) is 0 Å². The molecule has 236 valence electrons. The molecule has 39 heavy (non-hydrogen) atoms. The Bertz CT molecular complexity index is 424. The van der Waals surface area contributed by atoms with Crippen molar-refractivity contribution >= 4 is 0 Å². The fourth-order valence-corrected chi connectivity index (χ4v) is 6.65. The van der Waals surface area contributed by atoms with Crippen molar-refractivity contribution in [2.75, 3.05) is 13.1 Å². The second kappa shape index (κ2) is 34.1. The summed E-state index contributed by atoms with van der Waals surface area (Å²) in [7, 11) is 0. The molecular formula is C37H78N2. The highest BCUT2D eigenvalue weighted by Gasteiger charge is 2.20. The molecule has 2 heteroatoms. The van der Waals surface area contributed by atoms with Gasteiger partial charge >= 0.3 is 0 Å². The molecular weight excluding hydrogens is 472 g/mol. The molecule has 0 saturated heterocycles. The minimum atomic E-state index is 0.870. The topological polar surface area (TPSA) is 52.0 Å². The fraction of sp³-hybridized carbons (Fsp3) is 1.00. The molecule has 0 aliphatic carbocycles. The molecule has 0 radical (unpaired) electrons. The van der Waals surface area contributed by atoms with E-state index in [1.54, 1.807) is 0 Å². The van der Waals surface area contributed by atoms with Crippen LogP contribution >= 0.6 is 0 Å². The zero-order valence-corrected chi connectivity index (χ0v) is 27.6. The summed E-state index contributed by atoms with van der Waals surface area (Å²) in [5.74, 6) is 2.00. The Morgan fingerprint density at radius 2 is 0.487 bits per heavy atom. The van der Waals surface area contributed by atoms with Gasteiger partial charge in [-0.3, -0.25) is 0 Å². The Morgan fingerprint density at radius 3 is 0.718 bits per heavy atom. The molecule has 0 aromatic rings. The zero-order chi connectivity index (χ0) is 28.5. The van der Waals surface area contributed by atoms with E-state index in [9.17, 15) is 0 Å². The predicted octanol–water partition coefficient (Wildman–Crippen LogP) is 12.3. The molecule has 0 fully saturated rings. The van der Waals surface area contributed by atoms with Gasteiger partial charge in [-0.15, -0.1) is 0 Å². The van der Waals surface area contributed by atoms with Gasteiger partial charge < -0.3 is 11.5 Å². The lowest BCUT2D eigenvalue weighted by atomic mass is 9.78. The normalized spacial score (nSPS) is 13.2. The summed E-state index contributed by atoms with van der Waals surface area (Å²) in [5.41, 5.74) is 11.3. The number of unbranched alkanes of at least 4 members (excludes halogenated alkanes) is 23. The predicted molar refractivity (Wildman–Crippen MR) is 180 cm³/mol. The second-order valence-electron chi connectivity index (χ2n) is 13.1. The van der Waals surface area contributed by atoms with Gasteiger partial charge in [-0.1, -0.05) is 200 Å². The van der Waals surface area contributed by atoms with Crippen molar-refractivity contribution in [3.05, 3.63) is 0 Å². The summed E-state index contributed by atoms with van der Waals surface area (Å²) in [6.45, 7) is 6.41. The van der Waals surface area contributed by atoms with E-state index in [4.69, 9.17) is 11.5 Å². The van der Waals surface area contributed by atoms with Gasteiger partial charge in [0.15, 0.2) is 0 Å². The second-order valence-corrected chi connectivity index (χ2v) is 13.1. The lowest BCUT2D eigenvalue weighted by Gasteiger charge is -2.28. The van der Waals surface area contributed by atoms with Crippen LogP contribution < -0.4 is 11.5 Å². The molecule has 0 saturated carbocycles. The third kappa shape index (κ3) is 29.2. The van der Waals surface area contributed by atoms with E-state index in [1.807, 2.05) is 0 Å². The summed E-state index contributed by atoms with van der Waals surface area (Å²) in [5, 5.41) is 0. The van der Waals surface area contributed by atoms with E-state index in [0.717, 1.165) is 24.9 Å². The van der Waals surface area contributed by atoms with E-state index < -0.39 is 0 Å². The summed E-state index contributed by atoms with van der Waals surface area (Å²) in [6, 6.07) is 0. The Morgan fingerprint density at radius 1 is 0.282 bits per heavy atom. The highest BCUT2D eigenvalue weighted by atomic mass is 14.5. The van der Waals surface area contributed by atoms with Crippen LogP contribution in [-0.4, -0.2) is 13.1 Å². The van der Waals surface area contributed by atoms with Crippen LogP contribution in [0.1, 0.15) is 213 Å². The van der Waals surface area contributed by atoms with Crippen LogP contribution in [0.5, 0.6) is 0 Å². The average Bonchev–Trinajstić information content (AvgIpc) is 2.95. The third-order valence-electron chi connectivity index (χ3n) is 9.33. The molecule has 0 bridgehead atoms. The van der Waals surface area contributed by atoms with Crippen LogP contribution in [-0.2, 0) is 0 Å². The Labute approximate surface area is 249 Å². The molecule has 4 N–H and O–H groups in total. The Kier molecular flexibility index (Phi) is 34.1. The first-order valence-corrected chi connectivity index (χ1v) is 18.7. The largest absolute Gasteiger partial charge is 0.330 e. The summed E-state index contributed by atoms with van der Waals surface area (Å²) < 4.78 is 0. The molecule has 0 aliphatic rings. The number of rotatable bonds is 34. The minimum absolute atomic E-state index is 0.870. The molecule has 0 amide bonds. The van der Waals surface area contributed by atoms with Crippen LogP contribution in [0.3, 0.4) is 0 Å². The average molecular weight is 551 g/mol. The van der Waals surface area contributed by atoms with Crippen molar-refractivity contribution in [2.24, 2.45) is 23.3 Å². The fourth-order valence-electron chi connectivity index (χ4n) is 6.65. The molecule has 2 unspecified atom stereocenters. The third-order valence-corrected chi connectivity index (χ3v) is 9.33. The first-order chi connectivity index (χ1) is 19.3. The summed E-state index contributed by atoms with van der Waals surface area (Å²) in [4.78, 5) is 0. The van der Waals surface area contributed by atoms with Gasteiger partial charge in [-0.25, -0.2) is 0 Å². The van der Waals surface area contributed by atoms with Crippen LogP contribution in [0.2, 0.25) is 0 Å². The van der Waals surface area contributed by atoms with Crippen LogP contribution in [0, 0.1) is 11.8 Å². The SMILES string of the molecule is CCCCCCCCCC(CCCCCCCCCN)C(CCCCCCCC)CCCCCCCCCN. The highest BCUT2D eigenvalue weighted by Crippen LogP contribution is 2.33. The summed E-state index contributed by atoms with van der Waals surface area (Å²) in [6.07, 6.45) is 44.4. The van der Waals surface area contributed by atoms with Crippen molar-refractivity contribution in [1.82, 2.24) is 0 Å². The van der Waals surface area contributed by atoms with Gasteiger partial charge in [0, 0.05) is 0 Å². The molecule has 0 aromatic heterocycles. The highest BCUT2D eigenvalue weighted by molar-refractivity contribution is 4.72. The monoisotopic (exact) mass is 551 g/mol. The van der Waals surface area contributed by atoms with Crippen molar-refractivity contribution in [2.45, 2.75) is 213 Å². The molecule has 2 atom stereocenters. The lowest BCUT2D eigenvalue weighted by molar-refractivity contribution is 0.236. The smallest absolute Gasteiger partial charge is 0.00773 e. The van der Waals surface area contributed by atoms with Crippen molar-refractivity contribution in [3.63, 3.8) is 0 Å². The maximum atomic E-state index is 5.67. The van der Waals surface area contributed by atoms with Gasteiger partial charge in [0.05, 0.1) is 0 Å². The van der Waals surface area contributed by atoms with Gasteiger partial charge in [-0.2, -0.15) is 0 Å². The maximum absolute atomic E-state index is 5.67. The van der Waals surface area contributed by atoms with E-state index >= 15 is 0 Å². The molecule has 0 aromatic carbocycles. The van der Waals surface area contributed by atoms with Crippen LogP contribution in [0.4, 0.5) is 0 Å². The zero-order valence-electron chi connectivity index (χ0n) is 27.6. The van der Waals surface area contributed by atoms with Crippen molar-refractivity contribution < 1.29 is 0 Å². The molecule has 0 heterocycles.